The number of ether oxygens (including phenoxy) is 1. The molecule has 0 radical (unpaired) electrons. The van der Waals surface area contributed by atoms with Gasteiger partial charge in [-0.3, -0.25) is 4.98 Å². The first-order valence-corrected chi connectivity index (χ1v) is 11.5. The number of pyridine rings is 1. The van der Waals surface area contributed by atoms with Crippen LogP contribution in [0.25, 0.3) is 10.8 Å². The van der Waals surface area contributed by atoms with Crippen molar-refractivity contribution in [1.29, 1.82) is 0 Å². The fraction of sp³-hybridized carbons (Fsp3) is 0.304. The minimum absolute atomic E-state index is 0.0187. The van der Waals surface area contributed by atoms with Crippen LogP contribution in [0.4, 0.5) is 4.79 Å². The predicted molar refractivity (Wildman–Crippen MR) is 120 cm³/mol. The van der Waals surface area contributed by atoms with E-state index in [1.54, 1.807) is 57.4 Å². The average molecular weight is 442 g/mol. The van der Waals surface area contributed by atoms with Crippen molar-refractivity contribution in [3.8, 4) is 0 Å². The number of aromatic nitrogens is 1. The van der Waals surface area contributed by atoms with E-state index in [1.165, 1.54) is 0 Å². The summed E-state index contributed by atoms with van der Waals surface area (Å²) in [5.74, 6) is 0. The molecular weight excluding hydrogens is 414 g/mol. The molecule has 7 nitrogen and oxygen atoms in total. The molecule has 8 heteroatoms. The van der Waals surface area contributed by atoms with Gasteiger partial charge in [-0.2, -0.15) is 0 Å². The second-order valence-electron chi connectivity index (χ2n) is 8.27. The summed E-state index contributed by atoms with van der Waals surface area (Å²) in [5, 5.41) is 4.42. The van der Waals surface area contributed by atoms with Gasteiger partial charge in [0.2, 0.25) is 10.0 Å². The zero-order chi connectivity index (χ0) is 22.5. The van der Waals surface area contributed by atoms with E-state index >= 15 is 0 Å². The number of amides is 1. The van der Waals surface area contributed by atoms with Gasteiger partial charge in [-0.25, -0.2) is 17.9 Å². The molecule has 0 saturated heterocycles. The van der Waals surface area contributed by atoms with Crippen LogP contribution in [0.2, 0.25) is 0 Å². The summed E-state index contributed by atoms with van der Waals surface area (Å²) in [6, 6.07) is 15.7. The van der Waals surface area contributed by atoms with Gasteiger partial charge >= 0.3 is 6.09 Å². The van der Waals surface area contributed by atoms with Crippen LogP contribution >= 0.6 is 0 Å². The monoisotopic (exact) mass is 441 g/mol. The molecule has 0 saturated carbocycles. The Hall–Kier alpha value is -2.97. The maximum absolute atomic E-state index is 12.9. The lowest BCUT2D eigenvalue weighted by Gasteiger charge is -2.24. The van der Waals surface area contributed by atoms with E-state index in [-0.39, 0.29) is 11.4 Å². The summed E-state index contributed by atoms with van der Waals surface area (Å²) < 4.78 is 33.7. The summed E-state index contributed by atoms with van der Waals surface area (Å²) in [6.07, 6.45) is 3.16. The number of hydrogen-bond acceptors (Lipinski definition) is 5. The van der Waals surface area contributed by atoms with E-state index in [1.807, 2.05) is 30.3 Å². The fourth-order valence-corrected chi connectivity index (χ4v) is 4.19. The first-order valence-electron chi connectivity index (χ1n) is 9.99. The Labute approximate surface area is 182 Å². The number of benzene rings is 2. The third kappa shape index (κ3) is 6.77. The number of carbonyl (C=O) groups is 1. The van der Waals surface area contributed by atoms with E-state index < -0.39 is 27.8 Å². The van der Waals surface area contributed by atoms with Gasteiger partial charge in [0.15, 0.2) is 0 Å². The minimum atomic E-state index is -3.77. The largest absolute Gasteiger partial charge is 0.444 e. The molecule has 0 aliphatic heterocycles. The lowest BCUT2D eigenvalue weighted by Crippen LogP contribution is -2.46. The zero-order valence-electron chi connectivity index (χ0n) is 17.8. The number of sulfonamides is 1. The van der Waals surface area contributed by atoms with Crippen molar-refractivity contribution in [3.05, 3.63) is 72.6 Å². The molecule has 1 aromatic heterocycles. The number of rotatable bonds is 7. The maximum atomic E-state index is 12.9. The average Bonchev–Trinajstić information content (AvgIpc) is 2.71. The second-order valence-corrected chi connectivity index (χ2v) is 10.0. The molecule has 2 N–H and O–H groups in total. The van der Waals surface area contributed by atoms with Crippen molar-refractivity contribution >= 4 is 26.9 Å². The maximum Gasteiger partial charge on any atom is 0.407 e. The summed E-state index contributed by atoms with van der Waals surface area (Å²) in [4.78, 5) is 16.5. The predicted octanol–water partition coefficient (Wildman–Crippen LogP) is 3.65. The van der Waals surface area contributed by atoms with Gasteiger partial charge in [0.05, 0.1) is 4.90 Å². The Bertz CT molecular complexity index is 1140. The molecule has 0 fully saturated rings. The third-order valence-electron chi connectivity index (χ3n) is 4.49. The smallest absolute Gasteiger partial charge is 0.407 e. The highest BCUT2D eigenvalue weighted by molar-refractivity contribution is 7.89. The van der Waals surface area contributed by atoms with Crippen molar-refractivity contribution in [1.82, 2.24) is 15.0 Å². The molecule has 0 aliphatic carbocycles. The molecular formula is C23H27N3O4S. The van der Waals surface area contributed by atoms with Crippen molar-refractivity contribution in [2.75, 3.05) is 6.54 Å². The molecule has 0 unspecified atom stereocenters. The molecule has 1 amide bonds. The van der Waals surface area contributed by atoms with E-state index in [0.717, 1.165) is 16.3 Å². The van der Waals surface area contributed by atoms with Crippen molar-refractivity contribution < 1.29 is 17.9 Å². The van der Waals surface area contributed by atoms with Gasteiger partial charge in [0, 0.05) is 30.4 Å². The SMILES string of the molecule is CC(C)(C)OC(=O)N[C@H](CNS(=O)(=O)c1ccc2cnccc2c1)Cc1ccccc1. The Kier molecular flexibility index (Phi) is 6.92. The van der Waals surface area contributed by atoms with Crippen LogP contribution in [0.1, 0.15) is 26.3 Å². The van der Waals surface area contributed by atoms with E-state index in [9.17, 15) is 13.2 Å². The van der Waals surface area contributed by atoms with E-state index in [4.69, 9.17) is 4.74 Å². The molecule has 31 heavy (non-hydrogen) atoms. The van der Waals surface area contributed by atoms with Crippen molar-refractivity contribution in [2.24, 2.45) is 0 Å². The summed E-state index contributed by atoms with van der Waals surface area (Å²) in [6.45, 7) is 5.34. The third-order valence-corrected chi connectivity index (χ3v) is 5.91. The lowest BCUT2D eigenvalue weighted by molar-refractivity contribution is 0.0505. The van der Waals surface area contributed by atoms with Crippen molar-refractivity contribution in [2.45, 2.75) is 43.7 Å². The number of carbonyl (C=O) groups excluding carboxylic acids is 1. The molecule has 164 valence electrons. The van der Waals surface area contributed by atoms with Crippen molar-refractivity contribution in [3.63, 3.8) is 0 Å². The van der Waals surface area contributed by atoms with Crippen LogP contribution in [0, 0.1) is 0 Å². The number of nitrogens with one attached hydrogen (secondary N) is 2. The van der Waals surface area contributed by atoms with Crippen LogP contribution < -0.4 is 10.0 Å². The van der Waals surface area contributed by atoms with Gasteiger partial charge in [0.1, 0.15) is 5.60 Å². The lowest BCUT2D eigenvalue weighted by atomic mass is 10.1. The number of nitrogens with zero attached hydrogens (tertiary/aromatic N) is 1. The van der Waals surface area contributed by atoms with Gasteiger partial charge in [-0.1, -0.05) is 36.4 Å². The Balaban J connectivity index is 1.74. The number of alkyl carbamates (subject to hydrolysis) is 1. The molecule has 3 rings (SSSR count). The highest BCUT2D eigenvalue weighted by Crippen LogP contribution is 2.18. The summed E-state index contributed by atoms with van der Waals surface area (Å²) in [7, 11) is -3.77. The van der Waals surface area contributed by atoms with Crippen LogP contribution in [-0.4, -0.2) is 37.7 Å². The van der Waals surface area contributed by atoms with Crippen LogP contribution in [0.15, 0.2) is 71.9 Å². The van der Waals surface area contributed by atoms with Crippen LogP contribution in [0.5, 0.6) is 0 Å². The topological polar surface area (TPSA) is 97.4 Å². The van der Waals surface area contributed by atoms with E-state index in [0.29, 0.717) is 6.42 Å². The normalized spacial score (nSPS) is 13.0. The van der Waals surface area contributed by atoms with Gasteiger partial charge in [-0.05, 0) is 56.3 Å². The molecule has 2 aromatic carbocycles. The molecule has 3 aromatic rings. The number of fused-ring (bicyclic) bond motifs is 1. The molecule has 0 spiro atoms. The highest BCUT2D eigenvalue weighted by atomic mass is 32.2. The minimum Gasteiger partial charge on any atom is -0.444 e. The highest BCUT2D eigenvalue weighted by Gasteiger charge is 2.22. The first-order chi connectivity index (χ1) is 14.6. The number of hydrogen-bond donors (Lipinski definition) is 2. The van der Waals surface area contributed by atoms with Gasteiger partial charge in [0.25, 0.3) is 0 Å². The second kappa shape index (κ2) is 9.45. The Morgan fingerprint density at radius 2 is 1.81 bits per heavy atom. The van der Waals surface area contributed by atoms with Crippen LogP contribution in [0.3, 0.4) is 0 Å². The first kappa shape index (κ1) is 22.7. The standard InChI is InChI=1S/C23H27N3O4S/c1-23(2,3)30-22(27)26-20(13-17-7-5-4-6-8-17)16-25-31(28,29)21-10-9-19-15-24-12-11-18(19)14-21/h4-12,14-15,20,25H,13,16H2,1-3H3,(H,26,27)/t20-/m0/s1. The summed E-state index contributed by atoms with van der Waals surface area (Å²) in [5.41, 5.74) is 0.321. The quantitative estimate of drug-likeness (QED) is 0.583. The van der Waals surface area contributed by atoms with Gasteiger partial charge in [-0.15, -0.1) is 0 Å². The molecule has 0 aliphatic rings. The molecule has 1 heterocycles. The zero-order valence-corrected chi connectivity index (χ0v) is 18.6. The Morgan fingerprint density at radius 1 is 1.06 bits per heavy atom. The van der Waals surface area contributed by atoms with Gasteiger partial charge < -0.3 is 10.1 Å². The van der Waals surface area contributed by atoms with E-state index in [2.05, 4.69) is 15.0 Å². The fourth-order valence-electron chi connectivity index (χ4n) is 3.07. The van der Waals surface area contributed by atoms with Crippen LogP contribution in [-0.2, 0) is 21.2 Å². The molecule has 0 bridgehead atoms. The molecule has 1 atom stereocenters. The summed E-state index contributed by atoms with van der Waals surface area (Å²) >= 11 is 0. The Morgan fingerprint density at radius 3 is 2.52 bits per heavy atom.